The van der Waals surface area contributed by atoms with Crippen LogP contribution >= 0.6 is 0 Å². The summed E-state index contributed by atoms with van der Waals surface area (Å²) < 4.78 is 0. The minimum absolute atomic E-state index is 1.04. The van der Waals surface area contributed by atoms with Crippen molar-refractivity contribution in [1.82, 2.24) is 0 Å². The van der Waals surface area contributed by atoms with Crippen LogP contribution in [0.25, 0.3) is 0 Å². The SMILES string of the molecule is C=C.CC1CCCCC1. The maximum Gasteiger partial charge on any atom is -0.0443 e. The van der Waals surface area contributed by atoms with E-state index >= 15 is 0 Å². The summed E-state index contributed by atoms with van der Waals surface area (Å²) in [6, 6.07) is 0. The molecule has 0 amide bonds. The molecule has 0 heteroatoms. The molecule has 0 radical (unpaired) electrons. The summed E-state index contributed by atoms with van der Waals surface area (Å²) in [4.78, 5) is 0. The molecule has 0 N–H and O–H groups in total. The van der Waals surface area contributed by atoms with E-state index in [1.54, 1.807) is 0 Å². The average Bonchev–Trinajstić information content (AvgIpc) is 1.94. The van der Waals surface area contributed by atoms with Crippen molar-refractivity contribution >= 4 is 0 Å². The highest BCUT2D eigenvalue weighted by molar-refractivity contribution is 4.59. The largest absolute Gasteiger partial charge is 0.106 e. The van der Waals surface area contributed by atoms with Gasteiger partial charge >= 0.3 is 0 Å². The van der Waals surface area contributed by atoms with Crippen molar-refractivity contribution in [1.29, 1.82) is 0 Å². The van der Waals surface area contributed by atoms with E-state index in [9.17, 15) is 0 Å². The summed E-state index contributed by atoms with van der Waals surface area (Å²) in [6.45, 7) is 8.36. The smallest absolute Gasteiger partial charge is 0.0443 e. The fourth-order valence-electron chi connectivity index (χ4n) is 1.31. The molecule has 1 saturated carbocycles. The summed E-state index contributed by atoms with van der Waals surface area (Å²) in [6.07, 6.45) is 7.44. The van der Waals surface area contributed by atoms with Crippen LogP contribution in [0.4, 0.5) is 0 Å². The summed E-state index contributed by atoms with van der Waals surface area (Å²) >= 11 is 0. The molecule has 0 aromatic heterocycles. The van der Waals surface area contributed by atoms with Gasteiger partial charge in [-0.05, 0) is 5.92 Å². The van der Waals surface area contributed by atoms with Gasteiger partial charge in [0.15, 0.2) is 0 Å². The molecule has 0 spiro atoms. The molecule has 0 saturated heterocycles. The normalized spacial score (nSPS) is 20.1. The molecular weight excluding hydrogens is 108 g/mol. The lowest BCUT2D eigenvalue weighted by Crippen LogP contribution is -1.99. The van der Waals surface area contributed by atoms with Gasteiger partial charge in [0.2, 0.25) is 0 Å². The Morgan fingerprint density at radius 2 is 1.44 bits per heavy atom. The first kappa shape index (κ1) is 8.74. The minimum Gasteiger partial charge on any atom is -0.106 e. The summed E-state index contributed by atoms with van der Waals surface area (Å²) in [7, 11) is 0. The van der Waals surface area contributed by atoms with E-state index in [0.29, 0.717) is 0 Å². The summed E-state index contributed by atoms with van der Waals surface area (Å²) in [5.74, 6) is 1.04. The van der Waals surface area contributed by atoms with Gasteiger partial charge in [0.1, 0.15) is 0 Å². The zero-order valence-corrected chi connectivity index (χ0v) is 6.53. The lowest BCUT2D eigenvalue weighted by atomic mass is 9.91. The lowest BCUT2D eigenvalue weighted by molar-refractivity contribution is 0.385. The second-order valence-corrected chi connectivity index (χ2v) is 2.74. The Morgan fingerprint density at radius 1 is 1.00 bits per heavy atom. The topological polar surface area (TPSA) is 0 Å². The van der Waals surface area contributed by atoms with Crippen LogP contribution in [0.1, 0.15) is 39.0 Å². The molecule has 1 fully saturated rings. The Bertz CT molecular complexity index is 51.1. The first-order valence-electron chi connectivity index (χ1n) is 3.89. The van der Waals surface area contributed by atoms with Crippen molar-refractivity contribution in [3.05, 3.63) is 13.2 Å². The van der Waals surface area contributed by atoms with E-state index in [-0.39, 0.29) is 0 Å². The van der Waals surface area contributed by atoms with Gasteiger partial charge in [-0.15, -0.1) is 13.2 Å². The van der Waals surface area contributed by atoms with Crippen molar-refractivity contribution in [2.45, 2.75) is 39.0 Å². The molecule has 54 valence electrons. The quantitative estimate of drug-likeness (QED) is 0.436. The van der Waals surface area contributed by atoms with Gasteiger partial charge in [0, 0.05) is 0 Å². The average molecular weight is 126 g/mol. The second kappa shape index (κ2) is 5.87. The molecule has 1 rings (SSSR count). The third-order valence-electron chi connectivity index (χ3n) is 1.89. The predicted molar refractivity (Wildman–Crippen MR) is 43.5 cm³/mol. The Morgan fingerprint density at radius 3 is 1.67 bits per heavy atom. The van der Waals surface area contributed by atoms with Gasteiger partial charge in [-0.3, -0.25) is 0 Å². The van der Waals surface area contributed by atoms with Gasteiger partial charge in [-0.2, -0.15) is 0 Å². The third kappa shape index (κ3) is 4.26. The van der Waals surface area contributed by atoms with Gasteiger partial charge in [0.25, 0.3) is 0 Å². The Kier molecular flexibility index (Phi) is 5.70. The number of rotatable bonds is 0. The van der Waals surface area contributed by atoms with Crippen molar-refractivity contribution in [2.24, 2.45) is 5.92 Å². The van der Waals surface area contributed by atoms with E-state index in [0.717, 1.165) is 5.92 Å². The van der Waals surface area contributed by atoms with Crippen molar-refractivity contribution < 1.29 is 0 Å². The monoisotopic (exact) mass is 126 g/mol. The third-order valence-corrected chi connectivity index (χ3v) is 1.89. The molecule has 9 heavy (non-hydrogen) atoms. The Balaban J connectivity index is 0.000000291. The highest BCUT2D eigenvalue weighted by Crippen LogP contribution is 2.21. The van der Waals surface area contributed by atoms with Crippen LogP contribution < -0.4 is 0 Å². The molecule has 0 nitrogen and oxygen atoms in total. The van der Waals surface area contributed by atoms with Gasteiger partial charge in [-0.1, -0.05) is 39.0 Å². The van der Waals surface area contributed by atoms with Crippen LogP contribution in [0.5, 0.6) is 0 Å². The Labute approximate surface area is 59.0 Å². The first-order valence-corrected chi connectivity index (χ1v) is 3.89. The molecule has 0 heterocycles. The molecule has 0 aromatic carbocycles. The lowest BCUT2D eigenvalue weighted by Gasteiger charge is -2.15. The number of hydrogen-bond acceptors (Lipinski definition) is 0. The van der Waals surface area contributed by atoms with Crippen molar-refractivity contribution in [3.63, 3.8) is 0 Å². The van der Waals surface area contributed by atoms with E-state index < -0.39 is 0 Å². The van der Waals surface area contributed by atoms with E-state index in [1.165, 1.54) is 32.1 Å². The van der Waals surface area contributed by atoms with Crippen LogP contribution in [0.15, 0.2) is 13.2 Å². The van der Waals surface area contributed by atoms with Crippen LogP contribution in [0.3, 0.4) is 0 Å². The molecule has 0 bridgehead atoms. The molecule has 1 aliphatic carbocycles. The van der Waals surface area contributed by atoms with E-state index in [4.69, 9.17) is 0 Å². The maximum atomic E-state index is 3.00. The highest BCUT2D eigenvalue weighted by Gasteiger charge is 2.05. The van der Waals surface area contributed by atoms with Crippen LogP contribution in [-0.4, -0.2) is 0 Å². The van der Waals surface area contributed by atoms with E-state index in [1.807, 2.05) is 0 Å². The fourth-order valence-corrected chi connectivity index (χ4v) is 1.31. The standard InChI is InChI=1S/C7H14.C2H4/c1-7-5-3-2-4-6-7;1-2/h7H,2-6H2,1H3;1-2H2. The molecule has 0 aromatic rings. The molecule has 0 atom stereocenters. The van der Waals surface area contributed by atoms with Gasteiger partial charge in [-0.25, -0.2) is 0 Å². The first-order chi connectivity index (χ1) is 4.39. The van der Waals surface area contributed by atoms with Crippen LogP contribution in [-0.2, 0) is 0 Å². The van der Waals surface area contributed by atoms with Crippen LogP contribution in [0.2, 0.25) is 0 Å². The zero-order chi connectivity index (χ0) is 7.11. The van der Waals surface area contributed by atoms with Crippen LogP contribution in [0, 0.1) is 5.92 Å². The van der Waals surface area contributed by atoms with Gasteiger partial charge < -0.3 is 0 Å². The molecule has 1 aliphatic rings. The zero-order valence-electron chi connectivity index (χ0n) is 6.53. The maximum absolute atomic E-state index is 3.00. The number of hydrogen-bond donors (Lipinski definition) is 0. The van der Waals surface area contributed by atoms with Crippen molar-refractivity contribution in [2.75, 3.05) is 0 Å². The molecule has 0 aliphatic heterocycles. The Hall–Kier alpha value is -0.260. The van der Waals surface area contributed by atoms with E-state index in [2.05, 4.69) is 20.1 Å². The summed E-state index contributed by atoms with van der Waals surface area (Å²) in [5, 5.41) is 0. The predicted octanol–water partition coefficient (Wildman–Crippen LogP) is 3.39. The minimum atomic E-state index is 1.04. The summed E-state index contributed by atoms with van der Waals surface area (Å²) in [5.41, 5.74) is 0. The van der Waals surface area contributed by atoms with Crippen molar-refractivity contribution in [3.8, 4) is 0 Å². The molecular formula is C9H18. The second-order valence-electron chi connectivity index (χ2n) is 2.74. The fraction of sp³-hybridized carbons (Fsp3) is 0.778. The van der Waals surface area contributed by atoms with Gasteiger partial charge in [0.05, 0.1) is 0 Å². The molecule has 0 unspecified atom stereocenters. The highest BCUT2D eigenvalue weighted by atomic mass is 14.1.